The minimum atomic E-state index is -4.08. The highest BCUT2D eigenvalue weighted by atomic mass is 35.5. The molecule has 0 radical (unpaired) electrons. The van der Waals surface area contributed by atoms with E-state index in [0.717, 1.165) is 5.56 Å². The molecule has 0 aliphatic heterocycles. The van der Waals surface area contributed by atoms with E-state index in [1.54, 1.807) is 18.2 Å². The van der Waals surface area contributed by atoms with Crippen LogP contribution in [0.3, 0.4) is 0 Å². The molecule has 0 heterocycles. The van der Waals surface area contributed by atoms with Crippen LogP contribution in [0.1, 0.15) is 5.56 Å². The number of halogens is 2. The van der Waals surface area contributed by atoms with Gasteiger partial charge in [0.1, 0.15) is 15.7 Å². The molecule has 0 amide bonds. The van der Waals surface area contributed by atoms with E-state index in [0.29, 0.717) is 0 Å². The zero-order valence-electron chi connectivity index (χ0n) is 11.3. The maximum atomic E-state index is 12.4. The first-order valence-corrected chi connectivity index (χ1v) is 8.04. The number of aryl methyl sites for hydroxylation is 1. The second-order valence-electron chi connectivity index (χ2n) is 4.24. The Hall–Kier alpha value is -1.43. The number of methoxy groups -OCH3 is 1. The second-order valence-corrected chi connectivity index (χ2v) is 6.54. The summed E-state index contributed by atoms with van der Waals surface area (Å²) in [5.41, 5.74) is 0.867. The van der Waals surface area contributed by atoms with Gasteiger partial charge >= 0.3 is 10.1 Å². The molecule has 0 saturated carbocycles. The van der Waals surface area contributed by atoms with Crippen molar-refractivity contribution in [2.75, 3.05) is 7.11 Å². The summed E-state index contributed by atoms with van der Waals surface area (Å²) < 4.78 is 34.8. The van der Waals surface area contributed by atoms with Crippen LogP contribution in [0.5, 0.6) is 11.5 Å². The molecule has 0 aliphatic carbocycles. The van der Waals surface area contributed by atoms with Crippen molar-refractivity contribution < 1.29 is 17.3 Å². The van der Waals surface area contributed by atoms with Crippen molar-refractivity contribution in [3.8, 4) is 11.5 Å². The maximum absolute atomic E-state index is 12.4. The van der Waals surface area contributed by atoms with E-state index in [4.69, 9.17) is 32.1 Å². The summed E-state index contributed by atoms with van der Waals surface area (Å²) in [4.78, 5) is -0.0772. The van der Waals surface area contributed by atoms with Gasteiger partial charge in [0.25, 0.3) is 0 Å². The predicted molar refractivity (Wildman–Crippen MR) is 82.0 cm³/mol. The van der Waals surface area contributed by atoms with E-state index in [9.17, 15) is 8.42 Å². The van der Waals surface area contributed by atoms with Crippen LogP contribution in [0, 0.1) is 6.92 Å². The molecule has 0 unspecified atom stereocenters. The van der Waals surface area contributed by atoms with Crippen molar-refractivity contribution in [3.63, 3.8) is 0 Å². The molecule has 0 saturated heterocycles. The molecule has 0 aliphatic rings. The number of hydrogen-bond donors (Lipinski definition) is 0. The second kappa shape index (κ2) is 6.13. The zero-order chi connectivity index (χ0) is 15.6. The van der Waals surface area contributed by atoms with Crippen LogP contribution in [-0.2, 0) is 10.1 Å². The minimum absolute atomic E-state index is 0.0354. The topological polar surface area (TPSA) is 52.6 Å². The minimum Gasteiger partial charge on any atom is -0.495 e. The average Bonchev–Trinajstić information content (AvgIpc) is 2.43. The number of hydrogen-bond acceptors (Lipinski definition) is 4. The average molecular weight is 347 g/mol. The summed E-state index contributed by atoms with van der Waals surface area (Å²) >= 11 is 11.8. The van der Waals surface area contributed by atoms with Gasteiger partial charge in [-0.05, 0) is 36.8 Å². The lowest BCUT2D eigenvalue weighted by Gasteiger charge is -2.12. The van der Waals surface area contributed by atoms with Crippen LogP contribution in [0.25, 0.3) is 0 Å². The molecule has 2 aromatic rings. The van der Waals surface area contributed by atoms with Gasteiger partial charge in [0, 0.05) is 0 Å². The Kier molecular flexibility index (Phi) is 4.66. The van der Waals surface area contributed by atoms with Gasteiger partial charge in [0.05, 0.1) is 12.1 Å². The van der Waals surface area contributed by atoms with Crippen molar-refractivity contribution in [3.05, 3.63) is 52.0 Å². The fourth-order valence-corrected chi connectivity index (χ4v) is 3.16. The largest absolute Gasteiger partial charge is 0.495 e. The highest BCUT2D eigenvalue weighted by Crippen LogP contribution is 2.35. The van der Waals surface area contributed by atoms with Crippen molar-refractivity contribution in [1.29, 1.82) is 0 Å². The van der Waals surface area contributed by atoms with E-state index in [1.165, 1.54) is 25.3 Å². The van der Waals surface area contributed by atoms with Crippen molar-refractivity contribution in [2.24, 2.45) is 0 Å². The quantitative estimate of drug-likeness (QED) is 0.782. The Balaban J connectivity index is 2.46. The van der Waals surface area contributed by atoms with Gasteiger partial charge in [0.15, 0.2) is 5.75 Å². The van der Waals surface area contributed by atoms with E-state index < -0.39 is 10.1 Å². The smallest absolute Gasteiger partial charge is 0.342 e. The Morgan fingerprint density at radius 1 is 1.05 bits per heavy atom. The molecule has 0 atom stereocenters. The van der Waals surface area contributed by atoms with E-state index in [-0.39, 0.29) is 26.4 Å². The zero-order valence-corrected chi connectivity index (χ0v) is 13.6. The lowest BCUT2D eigenvalue weighted by atomic mass is 10.2. The summed E-state index contributed by atoms with van der Waals surface area (Å²) in [6, 6.07) is 9.18. The van der Waals surface area contributed by atoms with Crippen molar-refractivity contribution in [1.82, 2.24) is 0 Å². The van der Waals surface area contributed by atoms with Crippen LogP contribution in [-0.4, -0.2) is 15.5 Å². The van der Waals surface area contributed by atoms with Crippen LogP contribution in [0.4, 0.5) is 0 Å². The fraction of sp³-hybridized carbons (Fsp3) is 0.143. The molecule has 0 bridgehead atoms. The van der Waals surface area contributed by atoms with Gasteiger partial charge in [-0.15, -0.1) is 0 Å². The lowest BCUT2D eigenvalue weighted by molar-refractivity contribution is 0.398. The third-order valence-corrected chi connectivity index (χ3v) is 4.78. The highest BCUT2D eigenvalue weighted by molar-refractivity contribution is 7.87. The monoisotopic (exact) mass is 346 g/mol. The van der Waals surface area contributed by atoms with E-state index >= 15 is 0 Å². The van der Waals surface area contributed by atoms with Crippen molar-refractivity contribution in [2.45, 2.75) is 11.8 Å². The van der Waals surface area contributed by atoms with E-state index in [2.05, 4.69) is 0 Å². The molecular formula is C14H12Cl2O4S. The molecule has 0 aromatic heterocycles. The molecule has 0 spiro atoms. The third kappa shape index (κ3) is 3.43. The fourth-order valence-electron chi connectivity index (χ4n) is 1.69. The van der Waals surface area contributed by atoms with Crippen LogP contribution >= 0.6 is 23.2 Å². The first-order valence-electron chi connectivity index (χ1n) is 5.88. The molecule has 0 N–H and O–H groups in total. The highest BCUT2D eigenvalue weighted by Gasteiger charge is 2.23. The Bertz CT molecular complexity index is 773. The molecule has 2 aromatic carbocycles. The Morgan fingerprint density at radius 2 is 1.76 bits per heavy atom. The molecule has 2 rings (SSSR count). The normalized spacial score (nSPS) is 11.2. The van der Waals surface area contributed by atoms with E-state index in [1.807, 2.05) is 6.92 Å². The van der Waals surface area contributed by atoms with Crippen LogP contribution < -0.4 is 8.92 Å². The summed E-state index contributed by atoms with van der Waals surface area (Å²) in [6.45, 7) is 1.83. The maximum Gasteiger partial charge on any atom is 0.342 e. The number of ether oxygens (including phenoxy) is 1. The molecule has 4 nitrogen and oxygen atoms in total. The predicted octanol–water partition coefficient (Wildman–Crippen LogP) is 4.08. The van der Waals surface area contributed by atoms with Gasteiger partial charge < -0.3 is 8.92 Å². The summed E-state index contributed by atoms with van der Waals surface area (Å²) in [5, 5.41) is 0.244. The van der Waals surface area contributed by atoms with Crippen LogP contribution in [0.15, 0.2) is 41.3 Å². The first-order chi connectivity index (χ1) is 9.85. The van der Waals surface area contributed by atoms with Gasteiger partial charge in [-0.25, -0.2) is 0 Å². The molecule has 0 fully saturated rings. The first kappa shape index (κ1) is 15.9. The van der Waals surface area contributed by atoms with Gasteiger partial charge in [-0.3, -0.25) is 0 Å². The van der Waals surface area contributed by atoms with Crippen molar-refractivity contribution >= 4 is 33.3 Å². The molecule has 7 heteroatoms. The molecule has 21 heavy (non-hydrogen) atoms. The summed E-state index contributed by atoms with van der Waals surface area (Å²) in [6.07, 6.45) is 0. The third-order valence-electron chi connectivity index (χ3n) is 2.70. The van der Waals surface area contributed by atoms with Gasteiger partial charge in [0.2, 0.25) is 0 Å². The molecule has 112 valence electrons. The summed E-state index contributed by atoms with van der Waals surface area (Å²) in [7, 11) is -2.69. The standard InChI is InChI=1S/C14H12Cl2O4S/c1-9-6-7-13(12(8-9)19-2)21(17,18)20-11-5-3-4-10(15)14(11)16/h3-8H,1-2H3. The van der Waals surface area contributed by atoms with Gasteiger partial charge in [-0.2, -0.15) is 8.42 Å². The van der Waals surface area contributed by atoms with Gasteiger partial charge in [-0.1, -0.05) is 35.3 Å². The number of rotatable bonds is 4. The lowest BCUT2D eigenvalue weighted by Crippen LogP contribution is -2.11. The summed E-state index contributed by atoms with van der Waals surface area (Å²) in [5.74, 6) is 0.167. The van der Waals surface area contributed by atoms with Crippen LogP contribution in [0.2, 0.25) is 10.0 Å². The molecular weight excluding hydrogens is 335 g/mol. The Labute approximate surface area is 133 Å². The SMILES string of the molecule is COc1cc(C)ccc1S(=O)(=O)Oc1cccc(Cl)c1Cl. The number of benzene rings is 2. The Morgan fingerprint density at radius 3 is 2.43 bits per heavy atom.